The maximum absolute atomic E-state index is 12.8. The SMILES string of the molecule is COCCN(Cc1nc2ccccc2c(=O)[nH]1)C(=O)/C=C/c1ccc(C2CC2C)o1. The van der Waals surface area contributed by atoms with Crippen molar-refractivity contribution < 1.29 is 13.9 Å². The van der Waals surface area contributed by atoms with Crippen LogP contribution in [-0.4, -0.2) is 41.0 Å². The van der Waals surface area contributed by atoms with Crippen LogP contribution in [0.5, 0.6) is 0 Å². The minimum Gasteiger partial charge on any atom is -0.461 e. The van der Waals surface area contributed by atoms with Crippen LogP contribution in [0.3, 0.4) is 0 Å². The number of nitrogens with one attached hydrogen (secondary N) is 1. The predicted octanol–water partition coefficient (Wildman–Crippen LogP) is 3.33. The van der Waals surface area contributed by atoms with E-state index in [1.807, 2.05) is 18.2 Å². The Morgan fingerprint density at radius 1 is 1.33 bits per heavy atom. The van der Waals surface area contributed by atoms with Crippen LogP contribution < -0.4 is 5.56 Å². The minimum atomic E-state index is -0.220. The Kier molecular flexibility index (Phi) is 5.81. The summed E-state index contributed by atoms with van der Waals surface area (Å²) in [4.78, 5) is 34.0. The van der Waals surface area contributed by atoms with Crippen LogP contribution in [0.2, 0.25) is 0 Å². The molecule has 1 aliphatic carbocycles. The number of rotatable bonds is 8. The Labute approximate surface area is 174 Å². The van der Waals surface area contributed by atoms with Gasteiger partial charge in [0.05, 0.1) is 24.1 Å². The highest BCUT2D eigenvalue weighted by Crippen LogP contribution is 2.47. The highest BCUT2D eigenvalue weighted by atomic mass is 16.5. The molecule has 0 aliphatic heterocycles. The third-order valence-corrected chi connectivity index (χ3v) is 5.39. The van der Waals surface area contributed by atoms with E-state index < -0.39 is 0 Å². The number of para-hydroxylation sites is 1. The average Bonchev–Trinajstić information content (AvgIpc) is 3.29. The zero-order valence-corrected chi connectivity index (χ0v) is 17.1. The smallest absolute Gasteiger partial charge is 0.258 e. The number of methoxy groups -OCH3 is 1. The van der Waals surface area contributed by atoms with Crippen molar-refractivity contribution in [3.63, 3.8) is 0 Å². The summed E-state index contributed by atoms with van der Waals surface area (Å²) >= 11 is 0. The number of amides is 1. The van der Waals surface area contributed by atoms with E-state index in [0.717, 1.165) is 12.2 Å². The number of hydrogen-bond acceptors (Lipinski definition) is 5. The van der Waals surface area contributed by atoms with E-state index in [-0.39, 0.29) is 18.0 Å². The van der Waals surface area contributed by atoms with Gasteiger partial charge in [0.25, 0.3) is 5.56 Å². The summed E-state index contributed by atoms with van der Waals surface area (Å²) < 4.78 is 11.0. The second-order valence-electron chi connectivity index (χ2n) is 7.68. The molecule has 2 aromatic heterocycles. The molecule has 30 heavy (non-hydrogen) atoms. The summed E-state index contributed by atoms with van der Waals surface area (Å²) in [5, 5.41) is 0.523. The quantitative estimate of drug-likeness (QED) is 0.579. The Morgan fingerprint density at radius 2 is 2.13 bits per heavy atom. The van der Waals surface area contributed by atoms with Crippen molar-refractivity contribution in [3.8, 4) is 0 Å². The lowest BCUT2D eigenvalue weighted by Gasteiger charge is -2.20. The lowest BCUT2D eigenvalue weighted by Crippen LogP contribution is -2.33. The fourth-order valence-corrected chi connectivity index (χ4v) is 3.49. The molecular formula is C23H25N3O4. The molecule has 1 amide bonds. The number of aromatic nitrogens is 2. The predicted molar refractivity (Wildman–Crippen MR) is 114 cm³/mol. The average molecular weight is 407 g/mol. The molecule has 3 aromatic rings. The topological polar surface area (TPSA) is 88.4 Å². The molecule has 0 spiro atoms. The van der Waals surface area contributed by atoms with Crippen molar-refractivity contribution in [2.24, 2.45) is 5.92 Å². The molecule has 0 bridgehead atoms. The van der Waals surface area contributed by atoms with Crippen LogP contribution in [0.15, 0.2) is 51.7 Å². The Hall–Kier alpha value is -3.19. The van der Waals surface area contributed by atoms with E-state index in [2.05, 4.69) is 16.9 Å². The van der Waals surface area contributed by atoms with Crippen molar-refractivity contribution in [2.75, 3.05) is 20.3 Å². The molecular weight excluding hydrogens is 382 g/mol. The van der Waals surface area contributed by atoms with Crippen molar-refractivity contribution >= 4 is 22.9 Å². The number of furan rings is 1. The third-order valence-electron chi connectivity index (χ3n) is 5.39. The zero-order valence-electron chi connectivity index (χ0n) is 17.1. The Balaban J connectivity index is 1.49. The van der Waals surface area contributed by atoms with Gasteiger partial charge in [0.1, 0.15) is 17.3 Å². The van der Waals surface area contributed by atoms with E-state index in [1.54, 1.807) is 36.3 Å². The number of hydrogen-bond donors (Lipinski definition) is 1. The monoisotopic (exact) mass is 407 g/mol. The van der Waals surface area contributed by atoms with Gasteiger partial charge in [-0.3, -0.25) is 9.59 Å². The van der Waals surface area contributed by atoms with Crippen molar-refractivity contribution in [2.45, 2.75) is 25.8 Å². The van der Waals surface area contributed by atoms with Gasteiger partial charge in [0, 0.05) is 25.6 Å². The van der Waals surface area contributed by atoms with E-state index >= 15 is 0 Å². The molecule has 2 atom stereocenters. The largest absolute Gasteiger partial charge is 0.461 e. The molecule has 4 rings (SSSR count). The normalized spacial score (nSPS) is 18.2. The number of benzene rings is 1. The van der Waals surface area contributed by atoms with Crippen LogP contribution in [0, 0.1) is 5.92 Å². The second kappa shape index (κ2) is 8.67. The first kappa shape index (κ1) is 20.1. The Morgan fingerprint density at radius 3 is 2.90 bits per heavy atom. The van der Waals surface area contributed by atoms with Gasteiger partial charge in [-0.05, 0) is 42.7 Å². The van der Waals surface area contributed by atoms with E-state index in [1.165, 1.54) is 6.08 Å². The summed E-state index contributed by atoms with van der Waals surface area (Å²) in [6, 6.07) is 11.0. The fraction of sp³-hybridized carbons (Fsp3) is 0.348. The van der Waals surface area contributed by atoms with E-state index in [0.29, 0.717) is 47.5 Å². The number of ether oxygens (including phenoxy) is 1. The van der Waals surface area contributed by atoms with Crippen molar-refractivity contribution in [1.29, 1.82) is 0 Å². The van der Waals surface area contributed by atoms with Crippen LogP contribution in [0.25, 0.3) is 17.0 Å². The molecule has 2 unspecified atom stereocenters. The molecule has 1 fully saturated rings. The summed E-state index contributed by atoms with van der Waals surface area (Å²) in [5.41, 5.74) is 0.381. The molecule has 7 nitrogen and oxygen atoms in total. The van der Waals surface area contributed by atoms with Gasteiger partial charge in [0.2, 0.25) is 5.91 Å². The first-order chi connectivity index (χ1) is 14.5. The first-order valence-corrected chi connectivity index (χ1v) is 10.1. The lowest BCUT2D eigenvalue weighted by atomic mass is 10.2. The number of H-pyrrole nitrogens is 1. The van der Waals surface area contributed by atoms with Gasteiger partial charge in [-0.1, -0.05) is 19.1 Å². The number of fused-ring (bicyclic) bond motifs is 1. The molecule has 7 heteroatoms. The standard InChI is InChI=1S/C23H25N3O4/c1-15-13-18(15)20-9-7-16(30-20)8-10-22(27)26(11-12-29-2)14-21-24-19-6-4-3-5-17(19)23(28)25-21/h3-10,15,18H,11-14H2,1-2H3,(H,24,25,28)/b10-8+. The molecule has 1 aromatic carbocycles. The van der Waals surface area contributed by atoms with Gasteiger partial charge in [-0.25, -0.2) is 4.98 Å². The molecule has 1 aliphatic rings. The second-order valence-corrected chi connectivity index (χ2v) is 7.68. The minimum absolute atomic E-state index is 0.176. The lowest BCUT2D eigenvalue weighted by molar-refractivity contribution is -0.127. The Bertz CT molecular complexity index is 1130. The van der Waals surface area contributed by atoms with Crippen LogP contribution in [0.1, 0.15) is 36.6 Å². The molecule has 1 N–H and O–H groups in total. The maximum atomic E-state index is 12.8. The summed E-state index contributed by atoms with van der Waals surface area (Å²) in [6.45, 7) is 3.13. The summed E-state index contributed by atoms with van der Waals surface area (Å²) in [5.74, 6) is 3.01. The first-order valence-electron chi connectivity index (χ1n) is 10.1. The van der Waals surface area contributed by atoms with Crippen molar-refractivity contribution in [3.05, 3.63) is 70.2 Å². The molecule has 156 valence electrons. The molecule has 2 heterocycles. The van der Waals surface area contributed by atoms with E-state index in [9.17, 15) is 9.59 Å². The third kappa shape index (κ3) is 4.52. The highest BCUT2D eigenvalue weighted by molar-refractivity contribution is 5.91. The van der Waals surface area contributed by atoms with Crippen LogP contribution in [0.4, 0.5) is 0 Å². The van der Waals surface area contributed by atoms with Crippen molar-refractivity contribution in [1.82, 2.24) is 14.9 Å². The van der Waals surface area contributed by atoms with E-state index in [4.69, 9.17) is 9.15 Å². The zero-order chi connectivity index (χ0) is 21.1. The fourth-order valence-electron chi connectivity index (χ4n) is 3.49. The van der Waals surface area contributed by atoms with Gasteiger partial charge < -0.3 is 19.0 Å². The van der Waals surface area contributed by atoms with Gasteiger partial charge in [-0.15, -0.1) is 0 Å². The molecule has 0 radical (unpaired) electrons. The maximum Gasteiger partial charge on any atom is 0.258 e. The number of carbonyl (C=O) groups is 1. The van der Waals surface area contributed by atoms with Gasteiger partial charge >= 0.3 is 0 Å². The number of carbonyl (C=O) groups excluding carboxylic acids is 1. The van der Waals surface area contributed by atoms with Gasteiger partial charge in [0.15, 0.2) is 0 Å². The summed E-state index contributed by atoms with van der Waals surface area (Å²) in [6.07, 6.45) is 4.31. The van der Waals surface area contributed by atoms with Crippen LogP contribution >= 0.6 is 0 Å². The van der Waals surface area contributed by atoms with Crippen LogP contribution in [-0.2, 0) is 16.1 Å². The number of aromatic amines is 1. The summed E-state index contributed by atoms with van der Waals surface area (Å²) in [7, 11) is 1.58. The highest BCUT2D eigenvalue weighted by Gasteiger charge is 2.36. The number of nitrogens with zero attached hydrogens (tertiary/aromatic N) is 2. The van der Waals surface area contributed by atoms with Gasteiger partial charge in [-0.2, -0.15) is 0 Å². The molecule has 0 saturated heterocycles. The molecule has 1 saturated carbocycles.